The SMILES string of the molecule is CCNC(=NCc1cccc(OC)c1)NCCN(C)CCCOC. The fourth-order valence-corrected chi connectivity index (χ4v) is 2.24. The first-order valence-electron chi connectivity index (χ1n) is 8.52. The molecule has 0 aromatic heterocycles. The zero-order valence-electron chi connectivity index (χ0n) is 15.5. The summed E-state index contributed by atoms with van der Waals surface area (Å²) in [4.78, 5) is 6.92. The van der Waals surface area contributed by atoms with Crippen LogP contribution in [0, 0.1) is 0 Å². The summed E-state index contributed by atoms with van der Waals surface area (Å²) in [6.45, 7) is 7.19. The van der Waals surface area contributed by atoms with Crippen LogP contribution in [0.25, 0.3) is 0 Å². The van der Waals surface area contributed by atoms with Gasteiger partial charge in [-0.2, -0.15) is 0 Å². The number of hydrogen-bond acceptors (Lipinski definition) is 4. The second kappa shape index (κ2) is 12.6. The molecule has 0 heterocycles. The summed E-state index contributed by atoms with van der Waals surface area (Å²) < 4.78 is 10.3. The van der Waals surface area contributed by atoms with E-state index in [1.807, 2.05) is 18.2 Å². The van der Waals surface area contributed by atoms with Crippen molar-refractivity contribution in [3.05, 3.63) is 29.8 Å². The number of benzene rings is 1. The maximum Gasteiger partial charge on any atom is 0.191 e. The summed E-state index contributed by atoms with van der Waals surface area (Å²) >= 11 is 0. The Morgan fingerprint density at radius 1 is 1.21 bits per heavy atom. The first-order valence-corrected chi connectivity index (χ1v) is 8.52. The van der Waals surface area contributed by atoms with Crippen LogP contribution in [0.2, 0.25) is 0 Å². The lowest BCUT2D eigenvalue weighted by Crippen LogP contribution is -2.41. The zero-order valence-corrected chi connectivity index (χ0v) is 15.5. The van der Waals surface area contributed by atoms with Gasteiger partial charge >= 0.3 is 0 Å². The highest BCUT2D eigenvalue weighted by Gasteiger charge is 2.01. The van der Waals surface area contributed by atoms with E-state index in [9.17, 15) is 0 Å². The van der Waals surface area contributed by atoms with Crippen molar-refractivity contribution >= 4 is 5.96 Å². The summed E-state index contributed by atoms with van der Waals surface area (Å²) in [6, 6.07) is 7.99. The predicted molar refractivity (Wildman–Crippen MR) is 99.8 cm³/mol. The molecular weight excluding hydrogens is 304 g/mol. The average molecular weight is 336 g/mol. The van der Waals surface area contributed by atoms with E-state index in [4.69, 9.17) is 9.47 Å². The Bertz CT molecular complexity index is 480. The predicted octanol–water partition coefficient (Wildman–Crippen LogP) is 1.72. The Labute approximate surface area is 146 Å². The molecular formula is C18H32N4O2. The van der Waals surface area contributed by atoms with Crippen molar-refractivity contribution in [1.82, 2.24) is 15.5 Å². The monoisotopic (exact) mass is 336 g/mol. The third-order valence-corrected chi connectivity index (χ3v) is 3.57. The number of nitrogens with one attached hydrogen (secondary N) is 2. The van der Waals surface area contributed by atoms with E-state index in [-0.39, 0.29) is 0 Å². The lowest BCUT2D eigenvalue weighted by Gasteiger charge is -2.18. The van der Waals surface area contributed by atoms with Gasteiger partial charge in [0.2, 0.25) is 0 Å². The molecule has 0 saturated heterocycles. The van der Waals surface area contributed by atoms with Gasteiger partial charge in [0.25, 0.3) is 0 Å². The van der Waals surface area contributed by atoms with Gasteiger partial charge in [-0.25, -0.2) is 4.99 Å². The Morgan fingerprint density at radius 2 is 2.04 bits per heavy atom. The van der Waals surface area contributed by atoms with Gasteiger partial charge in [-0.15, -0.1) is 0 Å². The zero-order chi connectivity index (χ0) is 17.6. The maximum atomic E-state index is 5.25. The molecule has 24 heavy (non-hydrogen) atoms. The van der Waals surface area contributed by atoms with Crippen LogP contribution in [0.4, 0.5) is 0 Å². The van der Waals surface area contributed by atoms with Crippen molar-refractivity contribution in [1.29, 1.82) is 0 Å². The molecule has 0 amide bonds. The van der Waals surface area contributed by atoms with Crippen molar-refractivity contribution in [3.8, 4) is 5.75 Å². The van der Waals surface area contributed by atoms with Crippen LogP contribution in [0.3, 0.4) is 0 Å². The molecule has 1 aromatic rings. The lowest BCUT2D eigenvalue weighted by atomic mass is 10.2. The summed E-state index contributed by atoms with van der Waals surface area (Å²) in [7, 11) is 5.54. The van der Waals surface area contributed by atoms with Crippen LogP contribution in [-0.2, 0) is 11.3 Å². The molecule has 0 aliphatic heterocycles. The Kier molecular flexibility index (Phi) is 10.6. The van der Waals surface area contributed by atoms with Gasteiger partial charge < -0.3 is 25.0 Å². The highest BCUT2D eigenvalue weighted by molar-refractivity contribution is 5.79. The van der Waals surface area contributed by atoms with E-state index in [0.717, 1.165) is 56.5 Å². The Balaban J connectivity index is 2.41. The number of aliphatic imine (C=N–C) groups is 1. The number of hydrogen-bond donors (Lipinski definition) is 2. The third-order valence-electron chi connectivity index (χ3n) is 3.57. The van der Waals surface area contributed by atoms with Crippen molar-refractivity contribution in [2.75, 3.05) is 54.1 Å². The van der Waals surface area contributed by atoms with Crippen LogP contribution in [0.5, 0.6) is 5.75 Å². The van der Waals surface area contributed by atoms with Crippen molar-refractivity contribution < 1.29 is 9.47 Å². The van der Waals surface area contributed by atoms with Gasteiger partial charge in [-0.1, -0.05) is 12.1 Å². The van der Waals surface area contributed by atoms with E-state index in [2.05, 4.69) is 40.6 Å². The molecule has 1 aromatic carbocycles. The van der Waals surface area contributed by atoms with E-state index >= 15 is 0 Å². The lowest BCUT2D eigenvalue weighted by molar-refractivity contribution is 0.180. The van der Waals surface area contributed by atoms with E-state index in [1.54, 1.807) is 14.2 Å². The van der Waals surface area contributed by atoms with Gasteiger partial charge in [-0.05, 0) is 38.1 Å². The highest BCUT2D eigenvalue weighted by atomic mass is 16.5. The molecule has 0 fully saturated rings. The number of rotatable bonds is 11. The molecule has 0 radical (unpaired) electrons. The molecule has 2 N–H and O–H groups in total. The first kappa shape index (κ1) is 20.3. The molecule has 1 rings (SSSR count). The van der Waals surface area contributed by atoms with Crippen molar-refractivity contribution in [2.24, 2.45) is 4.99 Å². The number of likely N-dealkylation sites (N-methyl/N-ethyl adjacent to an activating group) is 1. The fourth-order valence-electron chi connectivity index (χ4n) is 2.24. The van der Waals surface area contributed by atoms with Gasteiger partial charge in [0.15, 0.2) is 5.96 Å². The number of ether oxygens (including phenoxy) is 2. The molecule has 6 heteroatoms. The minimum atomic E-state index is 0.621. The molecule has 136 valence electrons. The van der Waals surface area contributed by atoms with Crippen LogP contribution < -0.4 is 15.4 Å². The second-order valence-corrected chi connectivity index (χ2v) is 5.62. The molecule has 0 atom stereocenters. The number of guanidine groups is 1. The topological polar surface area (TPSA) is 58.1 Å². The molecule has 0 saturated carbocycles. The molecule has 0 unspecified atom stereocenters. The van der Waals surface area contributed by atoms with Gasteiger partial charge in [-0.3, -0.25) is 0 Å². The summed E-state index contributed by atoms with van der Waals surface area (Å²) in [5.41, 5.74) is 1.13. The highest BCUT2D eigenvalue weighted by Crippen LogP contribution is 2.13. The summed E-state index contributed by atoms with van der Waals surface area (Å²) in [5.74, 6) is 1.70. The summed E-state index contributed by atoms with van der Waals surface area (Å²) in [5, 5.41) is 6.65. The molecule has 0 aliphatic carbocycles. The minimum absolute atomic E-state index is 0.621. The van der Waals surface area contributed by atoms with E-state index < -0.39 is 0 Å². The quantitative estimate of drug-likeness (QED) is 0.366. The normalized spacial score (nSPS) is 11.6. The van der Waals surface area contributed by atoms with Crippen LogP contribution in [0.15, 0.2) is 29.3 Å². The standard InChI is InChI=1S/C18H32N4O2/c1-5-19-18(20-10-12-22(2)11-7-13-23-3)21-15-16-8-6-9-17(14-16)24-4/h6,8-9,14H,5,7,10-13,15H2,1-4H3,(H2,19,20,21). The Hall–Kier alpha value is -1.79. The van der Waals surface area contributed by atoms with Crippen molar-refractivity contribution in [3.63, 3.8) is 0 Å². The van der Waals surface area contributed by atoms with Gasteiger partial charge in [0, 0.05) is 39.9 Å². The fraction of sp³-hybridized carbons (Fsp3) is 0.611. The van der Waals surface area contributed by atoms with Crippen LogP contribution in [0.1, 0.15) is 18.9 Å². The van der Waals surface area contributed by atoms with E-state index in [0.29, 0.717) is 6.54 Å². The largest absolute Gasteiger partial charge is 0.497 e. The van der Waals surface area contributed by atoms with Gasteiger partial charge in [0.1, 0.15) is 5.75 Å². The average Bonchev–Trinajstić information content (AvgIpc) is 2.60. The number of methoxy groups -OCH3 is 2. The van der Waals surface area contributed by atoms with Gasteiger partial charge in [0.05, 0.1) is 13.7 Å². The van der Waals surface area contributed by atoms with Crippen molar-refractivity contribution in [2.45, 2.75) is 19.9 Å². The molecule has 0 aliphatic rings. The number of nitrogens with zero attached hydrogens (tertiary/aromatic N) is 2. The summed E-state index contributed by atoms with van der Waals surface area (Å²) in [6.07, 6.45) is 1.05. The molecule has 0 bridgehead atoms. The Morgan fingerprint density at radius 3 is 2.75 bits per heavy atom. The third kappa shape index (κ3) is 8.74. The van der Waals surface area contributed by atoms with Crippen LogP contribution >= 0.6 is 0 Å². The first-order chi connectivity index (χ1) is 11.7. The smallest absolute Gasteiger partial charge is 0.191 e. The second-order valence-electron chi connectivity index (χ2n) is 5.62. The maximum absolute atomic E-state index is 5.25. The molecule has 6 nitrogen and oxygen atoms in total. The van der Waals surface area contributed by atoms with E-state index in [1.165, 1.54) is 0 Å². The minimum Gasteiger partial charge on any atom is -0.497 e. The molecule has 0 spiro atoms. The van der Waals surface area contributed by atoms with Crippen LogP contribution in [-0.4, -0.2) is 64.9 Å².